The molecular weight excluding hydrogens is 565 g/mol. The fourth-order valence-electron chi connectivity index (χ4n) is 5.03. The Kier molecular flexibility index (Phi) is 12.2. The Morgan fingerprint density at radius 2 is 1.54 bits per heavy atom. The van der Waals surface area contributed by atoms with E-state index in [0.717, 1.165) is 22.4 Å². The number of nitrogens with zero attached hydrogens (tertiary/aromatic N) is 2. The quantitative estimate of drug-likeness (QED) is 0.122. The molecule has 3 aromatic rings. The van der Waals surface area contributed by atoms with E-state index in [0.29, 0.717) is 19.2 Å². The number of anilines is 2. The Morgan fingerprint density at radius 3 is 2.19 bits per heavy atom. The third kappa shape index (κ3) is 8.18. The fourth-order valence-corrected chi connectivity index (χ4v) is 20.8. The van der Waals surface area contributed by atoms with Crippen molar-refractivity contribution in [2.45, 2.75) is 72.6 Å². The van der Waals surface area contributed by atoms with Crippen molar-refractivity contribution in [3.63, 3.8) is 0 Å². The summed E-state index contributed by atoms with van der Waals surface area (Å²) in [5.41, 5.74) is 3.17. The van der Waals surface area contributed by atoms with Crippen molar-refractivity contribution in [2.24, 2.45) is 0 Å². The van der Waals surface area contributed by atoms with Crippen molar-refractivity contribution < 1.29 is 9.47 Å². The van der Waals surface area contributed by atoms with Crippen LogP contribution in [0.25, 0.3) is 14.5 Å². The first-order chi connectivity index (χ1) is 18.1. The molecule has 200 valence electrons. The van der Waals surface area contributed by atoms with E-state index in [4.69, 9.17) is 21.0 Å². The van der Waals surface area contributed by atoms with Crippen LogP contribution in [0.15, 0.2) is 55.1 Å². The summed E-state index contributed by atoms with van der Waals surface area (Å²) < 4.78 is 16.6. The number of unbranched alkanes of at least 4 members (excludes halogenated alkanes) is 3. The third-order valence-corrected chi connectivity index (χ3v) is 22.9. The van der Waals surface area contributed by atoms with Gasteiger partial charge >= 0.3 is 222 Å². The molecule has 2 aromatic carbocycles. The van der Waals surface area contributed by atoms with Crippen molar-refractivity contribution in [2.75, 3.05) is 25.6 Å². The molecule has 0 amide bonds. The van der Waals surface area contributed by atoms with E-state index in [1.165, 1.54) is 61.0 Å². The van der Waals surface area contributed by atoms with Gasteiger partial charge in [-0.25, -0.2) is 0 Å². The Balaban J connectivity index is 1.93. The average Bonchev–Trinajstić information content (AvgIpc) is 2.93. The number of hydrogen-bond acceptors (Lipinski definition) is 5. The van der Waals surface area contributed by atoms with Crippen molar-refractivity contribution in [3.8, 4) is 6.01 Å². The number of aromatic nitrogens is 2. The van der Waals surface area contributed by atoms with Gasteiger partial charge in [-0.3, -0.25) is 0 Å². The standard InChI is InChI=1S/C19H18N3O2.3C4H9.Sn/c1-3-14-7-6-8-15(13-14)20-18-16-9-4-5-10-17(16)21-19(22-18)24-12-11-23-2;3*1-3-4-2;/h4-10,13H,1,11-12H2,2H3,(H,20,21,22);3*1,3-4H2,2H3;. The predicted molar refractivity (Wildman–Crippen MR) is 161 cm³/mol. The van der Waals surface area contributed by atoms with Crippen molar-refractivity contribution in [1.29, 1.82) is 0 Å². The van der Waals surface area contributed by atoms with Gasteiger partial charge < -0.3 is 0 Å². The van der Waals surface area contributed by atoms with Crippen LogP contribution in [0.5, 0.6) is 6.01 Å². The molecule has 3 rings (SSSR count). The summed E-state index contributed by atoms with van der Waals surface area (Å²) >= 11 is -2.60. The van der Waals surface area contributed by atoms with Crippen LogP contribution < -0.4 is 10.1 Å². The molecule has 37 heavy (non-hydrogen) atoms. The van der Waals surface area contributed by atoms with E-state index in [1.807, 2.05) is 24.3 Å². The van der Waals surface area contributed by atoms with Gasteiger partial charge in [0, 0.05) is 7.11 Å². The number of methoxy groups -OCH3 is 1. The van der Waals surface area contributed by atoms with Gasteiger partial charge in [-0.2, -0.15) is 0 Å². The van der Waals surface area contributed by atoms with E-state index in [2.05, 4.69) is 55.3 Å². The number of benzene rings is 2. The summed E-state index contributed by atoms with van der Waals surface area (Å²) in [4.78, 5) is 9.28. The molecular formula is C31H45N3O2Sn. The molecule has 0 saturated heterocycles. The van der Waals surface area contributed by atoms with E-state index in [9.17, 15) is 0 Å². The predicted octanol–water partition coefficient (Wildman–Crippen LogP) is 8.80. The monoisotopic (exact) mass is 611 g/mol. The van der Waals surface area contributed by atoms with Crippen molar-refractivity contribution >= 4 is 44.4 Å². The molecule has 0 aliphatic carbocycles. The Bertz CT molecular complexity index is 1110. The maximum atomic E-state index is 5.76. The van der Waals surface area contributed by atoms with Gasteiger partial charge in [0.1, 0.15) is 0 Å². The number of para-hydroxylation sites is 1. The van der Waals surface area contributed by atoms with Crippen LogP contribution in [0.1, 0.15) is 64.9 Å². The van der Waals surface area contributed by atoms with Gasteiger partial charge in [-0.15, -0.1) is 0 Å². The molecule has 0 aliphatic heterocycles. The van der Waals surface area contributed by atoms with Gasteiger partial charge in [-0.05, 0) is 0 Å². The number of hydrogen-bond donors (Lipinski definition) is 1. The van der Waals surface area contributed by atoms with Gasteiger partial charge in [0.25, 0.3) is 0 Å². The summed E-state index contributed by atoms with van der Waals surface area (Å²) in [5, 5.41) is 4.54. The van der Waals surface area contributed by atoms with Crippen LogP contribution in [0.3, 0.4) is 0 Å². The summed E-state index contributed by atoms with van der Waals surface area (Å²) in [6.07, 6.45) is 7.79. The number of nitrogens with one attached hydrogen (secondary N) is 1. The molecule has 1 aromatic heterocycles. The molecule has 0 spiro atoms. The molecule has 0 saturated carbocycles. The second kappa shape index (κ2) is 15.3. The number of fused-ring (bicyclic) bond motifs is 1. The third-order valence-electron chi connectivity index (χ3n) is 7.24. The Hall–Kier alpha value is -2.12. The molecule has 0 atom stereocenters. The molecule has 5 nitrogen and oxygen atoms in total. The first kappa shape index (κ1) is 29.4. The van der Waals surface area contributed by atoms with Crippen molar-refractivity contribution in [3.05, 3.63) is 60.7 Å². The first-order valence-electron chi connectivity index (χ1n) is 14.0. The minimum absolute atomic E-state index is 0.354. The summed E-state index contributed by atoms with van der Waals surface area (Å²) in [7, 11) is 1.66. The second-order valence-electron chi connectivity index (χ2n) is 9.99. The van der Waals surface area contributed by atoms with E-state index in [-0.39, 0.29) is 0 Å². The molecule has 6 heteroatoms. The molecule has 1 heterocycles. The van der Waals surface area contributed by atoms with Crippen LogP contribution in [-0.4, -0.2) is 48.7 Å². The van der Waals surface area contributed by atoms with Crippen LogP contribution >= 0.6 is 0 Å². The molecule has 0 unspecified atom stereocenters. The Labute approximate surface area is 228 Å². The molecule has 0 fully saturated rings. The molecule has 0 aliphatic rings. The maximum absolute atomic E-state index is 5.76. The van der Waals surface area contributed by atoms with Gasteiger partial charge in [0.05, 0.1) is 0 Å². The normalized spacial score (nSPS) is 11.6. The fraction of sp³-hybridized carbons (Fsp3) is 0.484. The summed E-state index contributed by atoms with van der Waals surface area (Å²) in [6, 6.07) is 17.2. The van der Waals surface area contributed by atoms with Crippen LogP contribution in [0, 0.1) is 0 Å². The minimum atomic E-state index is -2.60. The van der Waals surface area contributed by atoms with Crippen LogP contribution in [0.2, 0.25) is 13.3 Å². The van der Waals surface area contributed by atoms with E-state index < -0.39 is 18.4 Å². The van der Waals surface area contributed by atoms with Crippen molar-refractivity contribution in [1.82, 2.24) is 9.97 Å². The zero-order valence-corrected chi connectivity index (χ0v) is 26.2. The van der Waals surface area contributed by atoms with Crippen LogP contribution in [-0.2, 0) is 4.74 Å². The topological polar surface area (TPSA) is 56.3 Å². The van der Waals surface area contributed by atoms with Crippen LogP contribution in [0.4, 0.5) is 11.5 Å². The number of ether oxygens (including phenoxy) is 2. The van der Waals surface area contributed by atoms with E-state index in [1.54, 1.807) is 7.11 Å². The SMILES string of the molecule is C=[C](c1cccc(Nc2nc(OCCOC)nc3ccccc23)c1)[Sn]([CH2]CCC)([CH2]CCC)[CH2]CCC. The Morgan fingerprint density at radius 1 is 0.865 bits per heavy atom. The van der Waals surface area contributed by atoms with Gasteiger partial charge in [0.15, 0.2) is 0 Å². The first-order valence-corrected chi connectivity index (χ1v) is 21.5. The molecule has 1 N–H and O–H groups in total. The van der Waals surface area contributed by atoms with E-state index >= 15 is 0 Å². The molecule has 0 radical (unpaired) electrons. The average molecular weight is 610 g/mol. The zero-order valence-electron chi connectivity index (χ0n) is 23.3. The number of rotatable bonds is 17. The van der Waals surface area contributed by atoms with Gasteiger partial charge in [-0.1, -0.05) is 0 Å². The summed E-state index contributed by atoms with van der Waals surface area (Å²) in [6.45, 7) is 12.7. The summed E-state index contributed by atoms with van der Waals surface area (Å²) in [5.74, 6) is 0.749. The second-order valence-corrected chi connectivity index (χ2v) is 23.3. The van der Waals surface area contributed by atoms with Gasteiger partial charge in [0.2, 0.25) is 0 Å². The zero-order chi connectivity index (χ0) is 26.5. The molecule has 0 bridgehead atoms.